The third-order valence-corrected chi connectivity index (χ3v) is 3.28. The van der Waals surface area contributed by atoms with Gasteiger partial charge in [0.25, 0.3) is 5.95 Å². The molecule has 0 spiro atoms. The van der Waals surface area contributed by atoms with Crippen molar-refractivity contribution in [2.24, 2.45) is 17.8 Å². The lowest BCUT2D eigenvalue weighted by atomic mass is 9.94. The van der Waals surface area contributed by atoms with Crippen LogP contribution in [-0.2, 0) is 4.79 Å². The summed E-state index contributed by atoms with van der Waals surface area (Å²) in [7, 11) is 0. The predicted molar refractivity (Wildman–Crippen MR) is 53.2 cm³/mol. The molecule has 1 aromatic rings. The molecule has 3 nitrogen and oxygen atoms in total. The number of fused-ring (bicyclic) bond motifs is 2. The number of carbonyl (C=O) groups excluding carboxylic acids is 1. The Morgan fingerprint density at radius 3 is 2.93 bits per heavy atom. The molecular weight excluding hydrogens is 192 g/mol. The Kier molecular flexibility index (Phi) is 1.91. The average Bonchev–Trinajstić information content (AvgIpc) is 2.93. The second-order valence-electron chi connectivity index (χ2n) is 4.24. The van der Waals surface area contributed by atoms with Crippen LogP contribution >= 0.6 is 0 Å². The normalized spacial score (nSPS) is 32.1. The van der Waals surface area contributed by atoms with Gasteiger partial charge in [-0.25, -0.2) is 0 Å². The van der Waals surface area contributed by atoms with E-state index in [4.69, 9.17) is 9.15 Å². The fourth-order valence-corrected chi connectivity index (χ4v) is 2.55. The van der Waals surface area contributed by atoms with Crippen molar-refractivity contribution >= 4 is 5.97 Å². The number of ether oxygens (including phenoxy) is 1. The number of hydrogen-bond acceptors (Lipinski definition) is 3. The highest BCUT2D eigenvalue weighted by Crippen LogP contribution is 2.43. The van der Waals surface area contributed by atoms with Crippen LogP contribution in [0, 0.1) is 17.8 Å². The molecule has 0 unspecified atom stereocenters. The summed E-state index contributed by atoms with van der Waals surface area (Å²) in [6.07, 6.45) is 7.89. The Labute approximate surface area is 87.7 Å². The topological polar surface area (TPSA) is 39.4 Å². The van der Waals surface area contributed by atoms with E-state index in [1.807, 2.05) is 0 Å². The van der Waals surface area contributed by atoms with Crippen molar-refractivity contribution in [2.75, 3.05) is 0 Å². The Balaban J connectivity index is 1.68. The lowest BCUT2D eigenvalue weighted by molar-refractivity contribution is -0.141. The van der Waals surface area contributed by atoms with E-state index < -0.39 is 0 Å². The summed E-state index contributed by atoms with van der Waals surface area (Å²) in [6, 6.07) is 3.37. The van der Waals surface area contributed by atoms with E-state index in [-0.39, 0.29) is 11.9 Å². The standard InChI is InChI=1S/C12H12O3/c13-12(15-11-2-1-5-14-11)10-7-8-3-4-9(10)6-8/h1-5,8-10H,6-7H2/t8-,9+,10-/m1/s1. The van der Waals surface area contributed by atoms with Crippen molar-refractivity contribution in [3.63, 3.8) is 0 Å². The zero-order valence-electron chi connectivity index (χ0n) is 8.26. The summed E-state index contributed by atoms with van der Waals surface area (Å²) >= 11 is 0. The maximum atomic E-state index is 11.8. The van der Waals surface area contributed by atoms with Gasteiger partial charge in [-0.1, -0.05) is 12.2 Å². The van der Waals surface area contributed by atoms with E-state index in [0.717, 1.165) is 12.8 Å². The summed E-state index contributed by atoms with van der Waals surface area (Å²) < 4.78 is 10.1. The molecule has 0 N–H and O–H groups in total. The molecule has 78 valence electrons. The largest absolute Gasteiger partial charge is 0.434 e. The van der Waals surface area contributed by atoms with Gasteiger partial charge < -0.3 is 9.15 Å². The summed E-state index contributed by atoms with van der Waals surface area (Å²) in [5, 5.41) is 0. The zero-order chi connectivity index (χ0) is 10.3. The fraction of sp³-hybridized carbons (Fsp3) is 0.417. The monoisotopic (exact) mass is 204 g/mol. The van der Waals surface area contributed by atoms with Crippen LogP contribution in [0.1, 0.15) is 12.8 Å². The quantitative estimate of drug-likeness (QED) is 0.548. The van der Waals surface area contributed by atoms with Crippen molar-refractivity contribution < 1.29 is 13.9 Å². The number of carbonyl (C=O) groups is 1. The summed E-state index contributed by atoms with van der Waals surface area (Å²) in [4.78, 5) is 11.8. The first kappa shape index (κ1) is 8.77. The zero-order valence-corrected chi connectivity index (χ0v) is 8.26. The summed E-state index contributed by atoms with van der Waals surface area (Å²) in [5.41, 5.74) is 0. The molecule has 0 saturated heterocycles. The number of rotatable bonds is 2. The molecular formula is C12H12O3. The van der Waals surface area contributed by atoms with Crippen LogP contribution in [0.3, 0.4) is 0 Å². The molecule has 2 bridgehead atoms. The molecule has 15 heavy (non-hydrogen) atoms. The Morgan fingerprint density at radius 1 is 1.40 bits per heavy atom. The first-order valence-corrected chi connectivity index (χ1v) is 5.26. The number of hydrogen-bond donors (Lipinski definition) is 0. The SMILES string of the molecule is O=C(Oc1ccco1)[C@@H]1C[C@@H]2C=C[C@H]1C2. The average molecular weight is 204 g/mol. The lowest BCUT2D eigenvalue weighted by Crippen LogP contribution is -2.23. The van der Waals surface area contributed by atoms with Crippen LogP contribution in [0.15, 0.2) is 35.0 Å². The predicted octanol–water partition coefficient (Wildman–Crippen LogP) is 2.40. The van der Waals surface area contributed by atoms with Gasteiger partial charge in [0.2, 0.25) is 0 Å². The van der Waals surface area contributed by atoms with Gasteiger partial charge in [-0.05, 0) is 30.7 Å². The van der Waals surface area contributed by atoms with Crippen LogP contribution < -0.4 is 4.74 Å². The van der Waals surface area contributed by atoms with Gasteiger partial charge in [0, 0.05) is 6.07 Å². The van der Waals surface area contributed by atoms with Crippen molar-refractivity contribution in [3.05, 3.63) is 30.5 Å². The van der Waals surface area contributed by atoms with Crippen LogP contribution in [0.25, 0.3) is 0 Å². The molecule has 1 heterocycles. The van der Waals surface area contributed by atoms with Crippen molar-refractivity contribution in [3.8, 4) is 5.95 Å². The van der Waals surface area contributed by atoms with Crippen molar-refractivity contribution in [2.45, 2.75) is 12.8 Å². The molecule has 2 aliphatic carbocycles. The highest BCUT2D eigenvalue weighted by atomic mass is 16.6. The molecule has 3 rings (SSSR count). The first-order chi connectivity index (χ1) is 7.33. The van der Waals surface area contributed by atoms with Crippen molar-refractivity contribution in [1.29, 1.82) is 0 Å². The van der Waals surface area contributed by atoms with Gasteiger partial charge in [-0.15, -0.1) is 0 Å². The third-order valence-electron chi connectivity index (χ3n) is 3.28. The van der Waals surface area contributed by atoms with Crippen LogP contribution in [0.5, 0.6) is 5.95 Å². The van der Waals surface area contributed by atoms with Gasteiger partial charge in [0.15, 0.2) is 0 Å². The van der Waals surface area contributed by atoms with E-state index in [0.29, 0.717) is 17.8 Å². The van der Waals surface area contributed by atoms with E-state index in [2.05, 4.69) is 12.2 Å². The molecule has 0 aromatic carbocycles. The van der Waals surface area contributed by atoms with Crippen LogP contribution in [0.2, 0.25) is 0 Å². The van der Waals surface area contributed by atoms with Crippen molar-refractivity contribution in [1.82, 2.24) is 0 Å². The van der Waals surface area contributed by atoms with E-state index >= 15 is 0 Å². The molecule has 1 fully saturated rings. The number of esters is 1. The number of allylic oxidation sites excluding steroid dienone is 2. The minimum atomic E-state index is -0.151. The molecule has 0 amide bonds. The molecule has 1 saturated carbocycles. The Morgan fingerprint density at radius 2 is 2.33 bits per heavy atom. The molecule has 2 aliphatic rings. The van der Waals surface area contributed by atoms with Crippen LogP contribution in [-0.4, -0.2) is 5.97 Å². The van der Waals surface area contributed by atoms with E-state index in [1.54, 1.807) is 12.1 Å². The minimum Gasteiger partial charge on any atom is -0.434 e. The van der Waals surface area contributed by atoms with Gasteiger partial charge in [0.05, 0.1) is 12.2 Å². The highest BCUT2D eigenvalue weighted by molar-refractivity contribution is 5.76. The maximum Gasteiger partial charge on any atom is 0.317 e. The second kappa shape index (κ2) is 3.26. The number of furan rings is 1. The van der Waals surface area contributed by atoms with Crippen LogP contribution in [0.4, 0.5) is 0 Å². The lowest BCUT2D eigenvalue weighted by Gasteiger charge is -2.14. The smallest absolute Gasteiger partial charge is 0.317 e. The van der Waals surface area contributed by atoms with Gasteiger partial charge in [0.1, 0.15) is 0 Å². The van der Waals surface area contributed by atoms with Gasteiger partial charge in [-0.2, -0.15) is 0 Å². The highest BCUT2D eigenvalue weighted by Gasteiger charge is 2.41. The molecule has 3 atom stereocenters. The van der Waals surface area contributed by atoms with E-state index in [9.17, 15) is 4.79 Å². The molecule has 0 aliphatic heterocycles. The molecule has 0 radical (unpaired) electrons. The third kappa shape index (κ3) is 1.48. The van der Waals surface area contributed by atoms with Gasteiger partial charge in [-0.3, -0.25) is 4.79 Å². The van der Waals surface area contributed by atoms with Gasteiger partial charge >= 0.3 is 5.97 Å². The summed E-state index contributed by atoms with van der Waals surface area (Å²) in [6.45, 7) is 0. The summed E-state index contributed by atoms with van der Waals surface area (Å²) in [5.74, 6) is 1.15. The fourth-order valence-electron chi connectivity index (χ4n) is 2.55. The maximum absolute atomic E-state index is 11.8. The minimum absolute atomic E-state index is 0.0325. The van der Waals surface area contributed by atoms with E-state index in [1.165, 1.54) is 6.26 Å². The molecule has 3 heteroatoms. The Bertz CT molecular complexity index is 391. The Hall–Kier alpha value is -1.51. The second-order valence-corrected chi connectivity index (χ2v) is 4.24. The molecule has 1 aromatic heterocycles. The first-order valence-electron chi connectivity index (χ1n) is 5.26.